The van der Waals surface area contributed by atoms with Crippen LogP contribution in [0.25, 0.3) is 51.5 Å². The predicted molar refractivity (Wildman–Crippen MR) is 134 cm³/mol. The lowest BCUT2D eigenvalue weighted by Gasteiger charge is -2.11. The lowest BCUT2D eigenvalue weighted by Crippen LogP contribution is -2.03. The number of para-hydroxylation sites is 1. The van der Waals surface area contributed by atoms with Crippen LogP contribution in [0.15, 0.2) is 116 Å². The Bertz CT molecular complexity index is 1480. The quantitative estimate of drug-likeness (QED) is 0.342. The molecule has 6 rings (SSSR count). The third-order valence-electron chi connectivity index (χ3n) is 5.49. The molecule has 0 aliphatic carbocycles. The molecule has 0 bridgehead atoms. The zero-order chi connectivity index (χ0) is 23.5. The SMILES string of the molecule is c1ccc(-n2c(-c3cccc(-c4ccccn4)n3)nnc2-c2cccc(-c3ccccn3)n2)cc1. The summed E-state index contributed by atoms with van der Waals surface area (Å²) >= 11 is 0. The van der Waals surface area contributed by atoms with Gasteiger partial charge in [-0.15, -0.1) is 10.2 Å². The van der Waals surface area contributed by atoms with Gasteiger partial charge >= 0.3 is 0 Å². The maximum Gasteiger partial charge on any atom is 0.187 e. The summed E-state index contributed by atoms with van der Waals surface area (Å²) < 4.78 is 1.98. The van der Waals surface area contributed by atoms with Gasteiger partial charge in [0, 0.05) is 18.1 Å². The molecule has 7 heteroatoms. The fraction of sp³-hybridized carbons (Fsp3) is 0. The van der Waals surface area contributed by atoms with Crippen LogP contribution < -0.4 is 0 Å². The van der Waals surface area contributed by atoms with Crippen molar-refractivity contribution >= 4 is 0 Å². The third kappa shape index (κ3) is 4.06. The monoisotopic (exact) mass is 453 g/mol. The molecule has 5 heterocycles. The van der Waals surface area contributed by atoms with Crippen LogP contribution in [0, 0.1) is 0 Å². The van der Waals surface area contributed by atoms with Crippen molar-refractivity contribution < 1.29 is 0 Å². The fourth-order valence-electron chi connectivity index (χ4n) is 3.87. The van der Waals surface area contributed by atoms with Gasteiger partial charge in [0.25, 0.3) is 0 Å². The molecule has 0 spiro atoms. The van der Waals surface area contributed by atoms with E-state index in [2.05, 4.69) is 20.2 Å². The van der Waals surface area contributed by atoms with Crippen molar-refractivity contribution in [2.24, 2.45) is 0 Å². The topological polar surface area (TPSA) is 82.3 Å². The molecule has 7 nitrogen and oxygen atoms in total. The molecule has 0 fully saturated rings. The van der Waals surface area contributed by atoms with Crippen molar-refractivity contribution in [2.75, 3.05) is 0 Å². The van der Waals surface area contributed by atoms with E-state index in [0.717, 1.165) is 28.5 Å². The Labute approximate surface area is 201 Å². The molecule has 0 atom stereocenters. The van der Waals surface area contributed by atoms with Gasteiger partial charge in [-0.25, -0.2) is 9.97 Å². The van der Waals surface area contributed by atoms with Crippen molar-refractivity contribution in [2.45, 2.75) is 0 Å². The third-order valence-corrected chi connectivity index (χ3v) is 5.49. The summed E-state index contributed by atoms with van der Waals surface area (Å²) in [5.41, 5.74) is 5.42. The van der Waals surface area contributed by atoms with E-state index >= 15 is 0 Å². The van der Waals surface area contributed by atoms with Crippen molar-refractivity contribution in [3.05, 3.63) is 116 Å². The first-order chi connectivity index (χ1) is 17.4. The van der Waals surface area contributed by atoms with E-state index in [4.69, 9.17) is 9.97 Å². The maximum atomic E-state index is 4.86. The highest BCUT2D eigenvalue weighted by molar-refractivity contribution is 5.67. The van der Waals surface area contributed by atoms with Gasteiger partial charge in [0.2, 0.25) is 0 Å². The van der Waals surface area contributed by atoms with E-state index in [1.807, 2.05) is 108 Å². The van der Waals surface area contributed by atoms with Crippen molar-refractivity contribution in [3.8, 4) is 51.5 Å². The Morgan fingerprint density at radius 3 is 1.34 bits per heavy atom. The summed E-state index contributed by atoms with van der Waals surface area (Å²) in [7, 11) is 0. The van der Waals surface area contributed by atoms with Gasteiger partial charge in [-0.1, -0.05) is 42.5 Å². The minimum Gasteiger partial charge on any atom is -0.272 e. The number of benzene rings is 1. The number of rotatable bonds is 5. The fourth-order valence-corrected chi connectivity index (χ4v) is 3.87. The zero-order valence-electron chi connectivity index (χ0n) is 18.6. The molecule has 0 aliphatic rings. The molecule has 1 aromatic carbocycles. The number of hydrogen-bond acceptors (Lipinski definition) is 6. The minimum absolute atomic E-state index is 0.619. The zero-order valence-corrected chi connectivity index (χ0v) is 18.6. The second kappa shape index (κ2) is 9.07. The van der Waals surface area contributed by atoms with Crippen LogP contribution in [0.4, 0.5) is 0 Å². The van der Waals surface area contributed by atoms with Gasteiger partial charge in [-0.05, 0) is 60.7 Å². The summed E-state index contributed by atoms with van der Waals surface area (Å²) in [5.74, 6) is 1.24. The Morgan fingerprint density at radius 2 is 0.857 bits per heavy atom. The van der Waals surface area contributed by atoms with Crippen molar-refractivity contribution in [1.29, 1.82) is 0 Å². The van der Waals surface area contributed by atoms with Crippen LogP contribution >= 0.6 is 0 Å². The molecule has 166 valence electrons. The molecule has 6 aromatic rings. The van der Waals surface area contributed by atoms with Crippen LogP contribution in [0.3, 0.4) is 0 Å². The molecule has 0 saturated carbocycles. The number of aromatic nitrogens is 7. The molecular weight excluding hydrogens is 434 g/mol. The summed E-state index contributed by atoms with van der Waals surface area (Å²) in [6, 6.07) is 33.2. The normalized spacial score (nSPS) is 10.9. The van der Waals surface area contributed by atoms with Gasteiger partial charge in [-0.2, -0.15) is 0 Å². The molecule has 0 amide bonds. The molecule has 5 aromatic heterocycles. The average molecular weight is 454 g/mol. The largest absolute Gasteiger partial charge is 0.272 e. The number of pyridine rings is 4. The predicted octanol–water partition coefficient (Wildman–Crippen LogP) is 5.52. The van der Waals surface area contributed by atoms with E-state index in [9.17, 15) is 0 Å². The number of nitrogens with zero attached hydrogens (tertiary/aromatic N) is 7. The average Bonchev–Trinajstić information content (AvgIpc) is 3.40. The molecule has 0 radical (unpaired) electrons. The smallest absolute Gasteiger partial charge is 0.187 e. The van der Waals surface area contributed by atoms with E-state index < -0.39 is 0 Å². The summed E-state index contributed by atoms with van der Waals surface area (Å²) in [5, 5.41) is 9.10. The van der Waals surface area contributed by atoms with E-state index in [-0.39, 0.29) is 0 Å². The van der Waals surface area contributed by atoms with Crippen LogP contribution in [-0.4, -0.2) is 34.7 Å². The van der Waals surface area contributed by atoms with Crippen LogP contribution in [0.1, 0.15) is 0 Å². The molecular formula is C28H19N7. The molecule has 35 heavy (non-hydrogen) atoms. The lowest BCUT2D eigenvalue weighted by atomic mass is 10.2. The molecule has 0 N–H and O–H groups in total. The first-order valence-corrected chi connectivity index (χ1v) is 11.2. The van der Waals surface area contributed by atoms with Gasteiger partial charge in [0.05, 0.1) is 22.8 Å². The van der Waals surface area contributed by atoms with Gasteiger partial charge < -0.3 is 0 Å². The summed E-state index contributed by atoms with van der Waals surface area (Å²) in [6.45, 7) is 0. The van der Waals surface area contributed by atoms with Crippen LogP contribution in [-0.2, 0) is 0 Å². The minimum atomic E-state index is 0.619. The number of hydrogen-bond donors (Lipinski definition) is 0. The van der Waals surface area contributed by atoms with Gasteiger partial charge in [0.15, 0.2) is 11.6 Å². The van der Waals surface area contributed by atoms with Gasteiger partial charge in [0.1, 0.15) is 11.4 Å². The van der Waals surface area contributed by atoms with Crippen LogP contribution in [0.2, 0.25) is 0 Å². The van der Waals surface area contributed by atoms with Crippen molar-refractivity contribution in [1.82, 2.24) is 34.7 Å². The Kier molecular flexibility index (Phi) is 5.33. The first-order valence-electron chi connectivity index (χ1n) is 11.2. The van der Waals surface area contributed by atoms with E-state index in [0.29, 0.717) is 23.0 Å². The summed E-state index contributed by atoms with van der Waals surface area (Å²) in [6.07, 6.45) is 3.52. The highest BCUT2D eigenvalue weighted by Crippen LogP contribution is 2.29. The Hall–Kier alpha value is -5.04. The Morgan fingerprint density at radius 1 is 0.400 bits per heavy atom. The standard InChI is InChI=1S/C28H19N7/c1-2-10-20(11-3-1)35-27(25-16-8-14-23(31-25)21-12-4-6-18-29-21)33-34-28(35)26-17-9-15-24(32-26)22-13-5-7-19-30-22/h1-19H. The molecule has 0 saturated heterocycles. The van der Waals surface area contributed by atoms with E-state index in [1.165, 1.54) is 0 Å². The lowest BCUT2D eigenvalue weighted by molar-refractivity contribution is 1.05. The second-order valence-corrected chi connectivity index (χ2v) is 7.76. The molecule has 0 aliphatic heterocycles. The Balaban J connectivity index is 1.51. The van der Waals surface area contributed by atoms with Gasteiger partial charge in [-0.3, -0.25) is 14.5 Å². The van der Waals surface area contributed by atoms with E-state index in [1.54, 1.807) is 12.4 Å². The second-order valence-electron chi connectivity index (χ2n) is 7.76. The maximum absolute atomic E-state index is 4.86. The first kappa shape index (κ1) is 20.6. The highest BCUT2D eigenvalue weighted by atomic mass is 15.3. The summed E-state index contributed by atoms with van der Waals surface area (Å²) in [4.78, 5) is 18.6. The molecule has 0 unspecified atom stereocenters. The highest BCUT2D eigenvalue weighted by Gasteiger charge is 2.20. The van der Waals surface area contributed by atoms with Crippen molar-refractivity contribution in [3.63, 3.8) is 0 Å². The van der Waals surface area contributed by atoms with Crippen LogP contribution in [0.5, 0.6) is 0 Å².